The van der Waals surface area contributed by atoms with Crippen molar-refractivity contribution < 1.29 is 4.74 Å². The van der Waals surface area contributed by atoms with Crippen LogP contribution in [0.2, 0.25) is 0 Å². The minimum absolute atomic E-state index is 0.403. The Labute approximate surface area is 134 Å². The van der Waals surface area contributed by atoms with Gasteiger partial charge in [0.15, 0.2) is 0 Å². The van der Waals surface area contributed by atoms with Crippen LogP contribution in [0, 0.1) is 0 Å². The number of nitrogens with one attached hydrogen (secondary N) is 1. The molecule has 1 heterocycles. The van der Waals surface area contributed by atoms with Crippen molar-refractivity contribution in [2.24, 2.45) is 0 Å². The van der Waals surface area contributed by atoms with Crippen molar-refractivity contribution >= 4 is 15.9 Å². The van der Waals surface area contributed by atoms with Gasteiger partial charge in [-0.05, 0) is 42.3 Å². The molecule has 0 saturated heterocycles. The first-order valence-corrected chi connectivity index (χ1v) is 8.02. The van der Waals surface area contributed by atoms with Gasteiger partial charge in [0.2, 0.25) is 0 Å². The zero-order chi connectivity index (χ0) is 15.2. The number of benzene rings is 1. The Morgan fingerprint density at radius 1 is 1.24 bits per heavy atom. The molecule has 2 aromatic rings. The SMILES string of the molecule is CCNCc1cc(Oc2ccc(Br)cc2C(C)C)ccn1. The summed E-state index contributed by atoms with van der Waals surface area (Å²) in [4.78, 5) is 4.34. The zero-order valence-corrected chi connectivity index (χ0v) is 14.3. The monoisotopic (exact) mass is 348 g/mol. The minimum atomic E-state index is 0.403. The number of hydrogen-bond acceptors (Lipinski definition) is 3. The fraction of sp³-hybridized carbons (Fsp3) is 0.353. The molecule has 21 heavy (non-hydrogen) atoms. The van der Waals surface area contributed by atoms with Gasteiger partial charge < -0.3 is 10.1 Å². The third-order valence-corrected chi connectivity index (χ3v) is 3.66. The van der Waals surface area contributed by atoms with Crippen molar-refractivity contribution in [2.75, 3.05) is 6.54 Å². The highest BCUT2D eigenvalue weighted by Crippen LogP contribution is 2.32. The fourth-order valence-corrected chi connectivity index (χ4v) is 2.44. The average Bonchev–Trinajstić information content (AvgIpc) is 2.47. The predicted octanol–water partition coefficient (Wildman–Crippen LogP) is 4.87. The molecular formula is C17H21BrN2O. The van der Waals surface area contributed by atoms with Crippen molar-refractivity contribution in [3.63, 3.8) is 0 Å². The van der Waals surface area contributed by atoms with E-state index in [9.17, 15) is 0 Å². The summed E-state index contributed by atoms with van der Waals surface area (Å²) in [5.74, 6) is 2.12. The van der Waals surface area contributed by atoms with Gasteiger partial charge in [0.25, 0.3) is 0 Å². The van der Waals surface area contributed by atoms with E-state index >= 15 is 0 Å². The Kier molecular flexibility index (Phi) is 5.76. The van der Waals surface area contributed by atoms with Gasteiger partial charge in [-0.15, -0.1) is 0 Å². The van der Waals surface area contributed by atoms with Crippen LogP contribution < -0.4 is 10.1 Å². The number of rotatable bonds is 6. The summed E-state index contributed by atoms with van der Waals surface area (Å²) in [7, 11) is 0. The molecule has 0 unspecified atom stereocenters. The number of ether oxygens (including phenoxy) is 1. The Balaban J connectivity index is 2.22. The highest BCUT2D eigenvalue weighted by molar-refractivity contribution is 9.10. The predicted molar refractivity (Wildman–Crippen MR) is 89.9 cm³/mol. The first kappa shape index (κ1) is 16.0. The minimum Gasteiger partial charge on any atom is -0.457 e. The van der Waals surface area contributed by atoms with Crippen LogP contribution in [0.1, 0.15) is 37.9 Å². The smallest absolute Gasteiger partial charge is 0.130 e. The highest BCUT2D eigenvalue weighted by atomic mass is 79.9. The summed E-state index contributed by atoms with van der Waals surface area (Å²) in [5.41, 5.74) is 2.17. The van der Waals surface area contributed by atoms with Gasteiger partial charge in [-0.25, -0.2) is 0 Å². The van der Waals surface area contributed by atoms with E-state index in [1.807, 2.05) is 24.3 Å². The summed E-state index contributed by atoms with van der Waals surface area (Å²) < 4.78 is 7.13. The molecular weight excluding hydrogens is 328 g/mol. The van der Waals surface area contributed by atoms with E-state index in [0.29, 0.717) is 5.92 Å². The van der Waals surface area contributed by atoms with Gasteiger partial charge in [0, 0.05) is 23.3 Å². The molecule has 0 aliphatic rings. The molecule has 0 amide bonds. The van der Waals surface area contributed by atoms with E-state index in [2.05, 4.69) is 53.1 Å². The maximum Gasteiger partial charge on any atom is 0.130 e. The summed E-state index contributed by atoms with van der Waals surface area (Å²) >= 11 is 3.52. The van der Waals surface area contributed by atoms with Crippen LogP contribution in [0.15, 0.2) is 41.0 Å². The molecule has 112 valence electrons. The molecule has 0 radical (unpaired) electrons. The maximum atomic E-state index is 6.06. The van der Waals surface area contributed by atoms with Crippen molar-refractivity contribution in [1.29, 1.82) is 0 Å². The molecule has 1 aromatic carbocycles. The Morgan fingerprint density at radius 2 is 2.05 bits per heavy atom. The van der Waals surface area contributed by atoms with Crippen molar-refractivity contribution in [3.8, 4) is 11.5 Å². The summed E-state index contributed by atoms with van der Waals surface area (Å²) in [6, 6.07) is 9.99. The molecule has 0 bridgehead atoms. The van der Waals surface area contributed by atoms with Crippen LogP contribution in [0.5, 0.6) is 11.5 Å². The molecule has 1 aromatic heterocycles. The summed E-state index contributed by atoms with van der Waals surface area (Å²) in [6.07, 6.45) is 1.79. The quantitative estimate of drug-likeness (QED) is 0.808. The number of aromatic nitrogens is 1. The molecule has 0 fully saturated rings. The Morgan fingerprint density at radius 3 is 2.76 bits per heavy atom. The third-order valence-electron chi connectivity index (χ3n) is 3.17. The molecule has 0 saturated carbocycles. The van der Waals surface area contributed by atoms with Gasteiger partial charge in [0.1, 0.15) is 11.5 Å². The van der Waals surface area contributed by atoms with Gasteiger partial charge in [-0.3, -0.25) is 4.98 Å². The number of pyridine rings is 1. The van der Waals surface area contributed by atoms with Gasteiger partial charge in [-0.1, -0.05) is 36.7 Å². The zero-order valence-electron chi connectivity index (χ0n) is 12.7. The number of hydrogen-bond donors (Lipinski definition) is 1. The average molecular weight is 349 g/mol. The second-order valence-corrected chi connectivity index (χ2v) is 6.12. The first-order chi connectivity index (χ1) is 10.1. The van der Waals surface area contributed by atoms with Gasteiger partial charge in [0.05, 0.1) is 5.69 Å². The lowest BCUT2D eigenvalue weighted by atomic mass is 10.0. The lowest BCUT2D eigenvalue weighted by Crippen LogP contribution is -2.12. The molecule has 0 aliphatic carbocycles. The first-order valence-electron chi connectivity index (χ1n) is 7.23. The normalized spacial score (nSPS) is 10.9. The number of halogens is 1. The van der Waals surface area contributed by atoms with Gasteiger partial charge in [-0.2, -0.15) is 0 Å². The summed E-state index contributed by atoms with van der Waals surface area (Å²) in [5, 5.41) is 3.27. The molecule has 0 atom stereocenters. The lowest BCUT2D eigenvalue weighted by molar-refractivity contribution is 0.471. The van der Waals surface area contributed by atoms with Crippen molar-refractivity contribution in [2.45, 2.75) is 33.2 Å². The van der Waals surface area contributed by atoms with E-state index in [0.717, 1.165) is 34.8 Å². The van der Waals surface area contributed by atoms with E-state index in [1.165, 1.54) is 5.56 Å². The van der Waals surface area contributed by atoms with Crippen LogP contribution in [0.25, 0.3) is 0 Å². The summed E-state index contributed by atoms with van der Waals surface area (Å²) in [6.45, 7) is 8.09. The van der Waals surface area contributed by atoms with Crippen molar-refractivity contribution in [3.05, 3.63) is 52.3 Å². The topological polar surface area (TPSA) is 34.1 Å². The van der Waals surface area contributed by atoms with Gasteiger partial charge >= 0.3 is 0 Å². The lowest BCUT2D eigenvalue weighted by Gasteiger charge is -2.14. The molecule has 0 spiro atoms. The van der Waals surface area contributed by atoms with Crippen LogP contribution in [0.4, 0.5) is 0 Å². The van der Waals surface area contributed by atoms with E-state index in [4.69, 9.17) is 4.74 Å². The third kappa shape index (κ3) is 4.55. The second-order valence-electron chi connectivity index (χ2n) is 5.20. The second kappa shape index (κ2) is 7.57. The largest absolute Gasteiger partial charge is 0.457 e. The van der Waals surface area contributed by atoms with Crippen LogP contribution in [-0.2, 0) is 6.54 Å². The standard InChI is InChI=1S/C17H21BrN2O/c1-4-19-11-14-10-15(7-8-20-14)21-17-6-5-13(18)9-16(17)12(2)3/h5-10,12,19H,4,11H2,1-3H3. The van der Waals surface area contributed by atoms with Crippen LogP contribution in [0.3, 0.4) is 0 Å². The molecule has 2 rings (SSSR count). The highest BCUT2D eigenvalue weighted by Gasteiger charge is 2.10. The maximum absolute atomic E-state index is 6.06. The molecule has 0 aliphatic heterocycles. The van der Waals surface area contributed by atoms with Crippen LogP contribution >= 0.6 is 15.9 Å². The Hall–Kier alpha value is -1.39. The van der Waals surface area contributed by atoms with Crippen molar-refractivity contribution in [1.82, 2.24) is 10.3 Å². The molecule has 3 nitrogen and oxygen atoms in total. The van der Waals surface area contributed by atoms with Crippen LogP contribution in [-0.4, -0.2) is 11.5 Å². The molecule has 4 heteroatoms. The van der Waals surface area contributed by atoms with E-state index in [1.54, 1.807) is 6.20 Å². The Bertz CT molecular complexity index is 599. The fourth-order valence-electron chi connectivity index (χ4n) is 2.06. The number of nitrogens with zero attached hydrogens (tertiary/aromatic N) is 1. The van der Waals surface area contributed by atoms with E-state index < -0.39 is 0 Å². The molecule has 1 N–H and O–H groups in total. The van der Waals surface area contributed by atoms with E-state index in [-0.39, 0.29) is 0 Å².